The quantitative estimate of drug-likeness (QED) is 0.908. The van der Waals surface area contributed by atoms with Crippen molar-refractivity contribution in [3.8, 4) is 0 Å². The van der Waals surface area contributed by atoms with Gasteiger partial charge in [0.2, 0.25) is 0 Å². The van der Waals surface area contributed by atoms with Crippen molar-refractivity contribution in [2.75, 3.05) is 5.32 Å². The fourth-order valence-corrected chi connectivity index (χ4v) is 1.67. The highest BCUT2D eigenvalue weighted by molar-refractivity contribution is 6.30. The van der Waals surface area contributed by atoms with Crippen molar-refractivity contribution in [1.29, 1.82) is 0 Å². The molecule has 0 saturated carbocycles. The lowest BCUT2D eigenvalue weighted by Crippen LogP contribution is -2.01. The third-order valence-corrected chi connectivity index (χ3v) is 2.88. The minimum atomic E-state index is -0.435. The molecule has 1 heterocycles. The van der Waals surface area contributed by atoms with Gasteiger partial charge < -0.3 is 9.84 Å². The van der Waals surface area contributed by atoms with Gasteiger partial charge in [0.05, 0.1) is 10.7 Å². The van der Waals surface area contributed by atoms with E-state index in [-0.39, 0.29) is 5.02 Å². The van der Waals surface area contributed by atoms with Crippen LogP contribution in [0.2, 0.25) is 5.02 Å². The number of aryl methyl sites for hydroxylation is 2. The lowest BCUT2D eigenvalue weighted by molar-refractivity contribution is 0.392. The number of halogens is 2. The summed E-state index contributed by atoms with van der Waals surface area (Å²) in [4.78, 5) is 0. The molecule has 90 valence electrons. The van der Waals surface area contributed by atoms with Crippen molar-refractivity contribution in [3.05, 3.63) is 46.1 Å². The maximum Gasteiger partial charge on any atom is 0.143 e. The summed E-state index contributed by atoms with van der Waals surface area (Å²) >= 11 is 5.60. The number of aromatic nitrogens is 1. The third kappa shape index (κ3) is 2.58. The van der Waals surface area contributed by atoms with Crippen molar-refractivity contribution in [3.63, 3.8) is 0 Å². The maximum absolute atomic E-state index is 13.2. The molecule has 0 radical (unpaired) electrons. The van der Waals surface area contributed by atoms with Gasteiger partial charge in [0.15, 0.2) is 0 Å². The molecule has 0 aliphatic rings. The molecule has 0 atom stereocenters. The Bertz CT molecular complexity index is 520. The molecule has 0 aliphatic heterocycles. The Kier molecular flexibility index (Phi) is 3.33. The van der Waals surface area contributed by atoms with Gasteiger partial charge in [0.25, 0.3) is 0 Å². The fraction of sp³-hybridized carbons (Fsp3) is 0.250. The maximum atomic E-state index is 13.2. The minimum Gasteiger partial charge on any atom is -0.381 e. The second-order valence-corrected chi connectivity index (χ2v) is 4.19. The van der Waals surface area contributed by atoms with Crippen molar-refractivity contribution in [1.82, 2.24) is 5.16 Å². The molecule has 1 aromatic heterocycles. The van der Waals surface area contributed by atoms with Gasteiger partial charge in [-0.3, -0.25) is 0 Å². The molecule has 2 aromatic rings. The Morgan fingerprint density at radius 2 is 2.18 bits per heavy atom. The van der Waals surface area contributed by atoms with Gasteiger partial charge >= 0.3 is 0 Å². The highest BCUT2D eigenvalue weighted by Crippen LogP contribution is 2.20. The zero-order valence-corrected chi connectivity index (χ0v) is 10.3. The SMILES string of the molecule is Cc1noc(C)c1CNc1ccc(Cl)c(F)c1. The van der Waals surface area contributed by atoms with E-state index < -0.39 is 5.82 Å². The first-order chi connectivity index (χ1) is 8.08. The second kappa shape index (κ2) is 4.75. The van der Waals surface area contributed by atoms with E-state index in [9.17, 15) is 4.39 Å². The van der Waals surface area contributed by atoms with Crippen molar-refractivity contribution in [2.24, 2.45) is 0 Å². The van der Waals surface area contributed by atoms with Gasteiger partial charge in [-0.15, -0.1) is 0 Å². The average molecular weight is 255 g/mol. The van der Waals surface area contributed by atoms with Gasteiger partial charge in [-0.1, -0.05) is 16.8 Å². The molecule has 1 N–H and O–H groups in total. The van der Waals surface area contributed by atoms with Crippen LogP contribution in [0.15, 0.2) is 22.7 Å². The molecule has 0 spiro atoms. The average Bonchev–Trinajstić information content (AvgIpc) is 2.61. The van der Waals surface area contributed by atoms with E-state index in [0.717, 1.165) is 17.0 Å². The first-order valence-electron chi connectivity index (χ1n) is 5.18. The van der Waals surface area contributed by atoms with Crippen molar-refractivity contribution in [2.45, 2.75) is 20.4 Å². The van der Waals surface area contributed by atoms with Crippen LogP contribution in [0.3, 0.4) is 0 Å². The van der Waals surface area contributed by atoms with Crippen LogP contribution < -0.4 is 5.32 Å². The van der Waals surface area contributed by atoms with Crippen LogP contribution in [-0.4, -0.2) is 5.16 Å². The molecule has 0 saturated heterocycles. The number of anilines is 1. The van der Waals surface area contributed by atoms with Crippen LogP contribution in [0.1, 0.15) is 17.0 Å². The Balaban J connectivity index is 2.10. The summed E-state index contributed by atoms with van der Waals surface area (Å²) in [5, 5.41) is 7.07. The summed E-state index contributed by atoms with van der Waals surface area (Å²) in [7, 11) is 0. The van der Waals surface area contributed by atoms with Gasteiger partial charge in [-0.25, -0.2) is 4.39 Å². The highest BCUT2D eigenvalue weighted by Gasteiger charge is 2.08. The number of rotatable bonds is 3. The van der Waals surface area contributed by atoms with Crippen LogP contribution in [0.4, 0.5) is 10.1 Å². The van der Waals surface area contributed by atoms with E-state index in [1.54, 1.807) is 6.07 Å². The number of nitrogens with one attached hydrogen (secondary N) is 1. The summed E-state index contributed by atoms with van der Waals surface area (Å²) in [6.07, 6.45) is 0. The number of benzene rings is 1. The van der Waals surface area contributed by atoms with E-state index in [1.165, 1.54) is 12.1 Å². The fourth-order valence-electron chi connectivity index (χ4n) is 1.55. The molecule has 1 aromatic carbocycles. The lowest BCUT2D eigenvalue weighted by atomic mass is 10.2. The topological polar surface area (TPSA) is 38.1 Å². The zero-order chi connectivity index (χ0) is 12.4. The van der Waals surface area contributed by atoms with Gasteiger partial charge in [0, 0.05) is 17.8 Å². The van der Waals surface area contributed by atoms with E-state index in [2.05, 4.69) is 10.5 Å². The molecule has 0 fully saturated rings. The second-order valence-electron chi connectivity index (χ2n) is 3.79. The Morgan fingerprint density at radius 3 is 2.76 bits per heavy atom. The Morgan fingerprint density at radius 1 is 1.41 bits per heavy atom. The number of nitrogens with zero attached hydrogens (tertiary/aromatic N) is 1. The molecule has 0 aliphatic carbocycles. The van der Waals surface area contributed by atoms with E-state index in [4.69, 9.17) is 16.1 Å². The molecule has 17 heavy (non-hydrogen) atoms. The molecule has 0 amide bonds. The standard InChI is InChI=1S/C12H12ClFN2O/c1-7-10(8(2)17-16-7)6-15-9-3-4-11(13)12(14)5-9/h3-5,15H,6H2,1-2H3. The molecule has 5 heteroatoms. The summed E-state index contributed by atoms with van der Waals surface area (Å²) in [6, 6.07) is 4.61. The van der Waals surface area contributed by atoms with Gasteiger partial charge in [-0.05, 0) is 32.0 Å². The van der Waals surface area contributed by atoms with E-state index in [1.807, 2.05) is 13.8 Å². The predicted molar refractivity (Wildman–Crippen MR) is 64.7 cm³/mol. The summed E-state index contributed by atoms with van der Waals surface area (Å²) in [6.45, 7) is 4.26. The van der Waals surface area contributed by atoms with Crippen LogP contribution in [0, 0.1) is 19.7 Å². The van der Waals surface area contributed by atoms with Gasteiger partial charge in [-0.2, -0.15) is 0 Å². The first-order valence-corrected chi connectivity index (χ1v) is 5.56. The molecular formula is C12H12ClFN2O. The summed E-state index contributed by atoms with van der Waals surface area (Å²) in [5.41, 5.74) is 2.50. The third-order valence-electron chi connectivity index (χ3n) is 2.57. The zero-order valence-electron chi connectivity index (χ0n) is 9.55. The monoisotopic (exact) mass is 254 g/mol. The lowest BCUT2D eigenvalue weighted by Gasteiger charge is -2.06. The van der Waals surface area contributed by atoms with Crippen LogP contribution in [0.25, 0.3) is 0 Å². The summed E-state index contributed by atoms with van der Waals surface area (Å²) in [5.74, 6) is 0.333. The Labute approximate surface area is 104 Å². The van der Waals surface area contributed by atoms with Crippen LogP contribution >= 0.6 is 11.6 Å². The Hall–Kier alpha value is -1.55. The van der Waals surface area contributed by atoms with Crippen molar-refractivity contribution < 1.29 is 8.91 Å². The molecule has 0 bridgehead atoms. The van der Waals surface area contributed by atoms with Crippen LogP contribution in [-0.2, 0) is 6.54 Å². The first kappa shape index (κ1) is 11.9. The highest BCUT2D eigenvalue weighted by atomic mass is 35.5. The van der Waals surface area contributed by atoms with Crippen LogP contribution in [0.5, 0.6) is 0 Å². The number of hydrogen-bond acceptors (Lipinski definition) is 3. The normalized spacial score (nSPS) is 10.6. The van der Waals surface area contributed by atoms with E-state index >= 15 is 0 Å². The molecule has 0 unspecified atom stereocenters. The largest absolute Gasteiger partial charge is 0.381 e. The molecular weight excluding hydrogens is 243 g/mol. The minimum absolute atomic E-state index is 0.118. The molecule has 3 nitrogen and oxygen atoms in total. The predicted octanol–water partition coefficient (Wildman–Crippen LogP) is 3.70. The smallest absolute Gasteiger partial charge is 0.143 e. The molecule has 2 rings (SSSR count). The van der Waals surface area contributed by atoms with Crippen molar-refractivity contribution >= 4 is 17.3 Å². The van der Waals surface area contributed by atoms with Gasteiger partial charge in [0.1, 0.15) is 11.6 Å². The van der Waals surface area contributed by atoms with E-state index in [0.29, 0.717) is 12.2 Å². The summed E-state index contributed by atoms with van der Waals surface area (Å²) < 4.78 is 18.2. The number of hydrogen-bond donors (Lipinski definition) is 1.